The summed E-state index contributed by atoms with van der Waals surface area (Å²) in [5.74, 6) is -0.418. The van der Waals surface area contributed by atoms with Crippen molar-refractivity contribution in [3.8, 4) is 0 Å². The summed E-state index contributed by atoms with van der Waals surface area (Å²) in [6, 6.07) is 6.94. The molecule has 1 aromatic carbocycles. The van der Waals surface area contributed by atoms with Gasteiger partial charge in [0.05, 0.1) is 17.7 Å². The molecule has 0 spiro atoms. The largest absolute Gasteiger partial charge is 0.459 e. The average Bonchev–Trinajstić information content (AvgIpc) is 2.45. The quantitative estimate of drug-likeness (QED) is 0.661. The number of esters is 1. The van der Waals surface area contributed by atoms with E-state index >= 15 is 0 Å². The minimum Gasteiger partial charge on any atom is -0.459 e. The van der Waals surface area contributed by atoms with Crippen molar-refractivity contribution in [2.75, 3.05) is 6.26 Å². The lowest BCUT2D eigenvalue weighted by Crippen LogP contribution is -2.45. The van der Waals surface area contributed by atoms with E-state index in [4.69, 9.17) is 4.74 Å². The number of carbonyl (C=O) groups is 2. The van der Waals surface area contributed by atoms with Crippen LogP contribution in [0.2, 0.25) is 0 Å². The monoisotopic (exact) mass is 320 g/mol. The minimum atomic E-state index is -0.504. The first-order chi connectivity index (χ1) is 10.4. The Morgan fingerprint density at radius 3 is 2.45 bits per heavy atom. The van der Waals surface area contributed by atoms with Crippen LogP contribution in [0, 0.1) is 0 Å². The summed E-state index contributed by atoms with van der Waals surface area (Å²) >= 11 is 1.64. The van der Waals surface area contributed by atoms with Crippen LogP contribution >= 0.6 is 11.8 Å². The first kappa shape index (κ1) is 16.4. The number of urea groups is 1. The van der Waals surface area contributed by atoms with Crippen molar-refractivity contribution in [3.63, 3.8) is 0 Å². The van der Waals surface area contributed by atoms with Gasteiger partial charge in [-0.1, -0.05) is 12.1 Å². The van der Waals surface area contributed by atoms with Gasteiger partial charge in [-0.05, 0) is 44.7 Å². The summed E-state index contributed by atoms with van der Waals surface area (Å²) < 4.78 is 5.30. The minimum absolute atomic E-state index is 0.218. The highest BCUT2D eigenvalue weighted by Crippen LogP contribution is 2.29. The average molecular weight is 320 g/mol. The van der Waals surface area contributed by atoms with Crippen molar-refractivity contribution in [2.24, 2.45) is 0 Å². The van der Waals surface area contributed by atoms with Crippen LogP contribution in [0.5, 0.6) is 0 Å². The van der Waals surface area contributed by atoms with Crippen LogP contribution < -0.4 is 10.6 Å². The van der Waals surface area contributed by atoms with E-state index in [0.29, 0.717) is 11.3 Å². The zero-order valence-electron chi connectivity index (χ0n) is 13.1. The molecule has 1 heterocycles. The predicted octanol–water partition coefficient (Wildman–Crippen LogP) is 2.99. The molecule has 1 atom stereocenters. The third-order valence-electron chi connectivity index (χ3n) is 3.28. The molecule has 2 amide bonds. The highest BCUT2D eigenvalue weighted by Gasteiger charge is 2.32. The fraction of sp³-hybridized carbons (Fsp3) is 0.375. The Morgan fingerprint density at radius 1 is 1.27 bits per heavy atom. The topological polar surface area (TPSA) is 67.4 Å². The summed E-state index contributed by atoms with van der Waals surface area (Å²) in [7, 11) is 0. The maximum absolute atomic E-state index is 12.4. The molecule has 0 saturated carbocycles. The molecular formula is C16H20N2O3S. The number of ether oxygens (including phenoxy) is 1. The van der Waals surface area contributed by atoms with Crippen molar-refractivity contribution >= 4 is 23.8 Å². The van der Waals surface area contributed by atoms with Crippen LogP contribution in [-0.4, -0.2) is 24.4 Å². The smallest absolute Gasteiger partial charge is 0.338 e. The number of allylic oxidation sites excluding steroid dienone is 1. The van der Waals surface area contributed by atoms with Crippen LogP contribution in [0.1, 0.15) is 32.4 Å². The lowest BCUT2D eigenvalue weighted by Gasteiger charge is -2.28. The third kappa shape index (κ3) is 3.62. The first-order valence-electron chi connectivity index (χ1n) is 7.05. The van der Waals surface area contributed by atoms with Crippen LogP contribution in [0.25, 0.3) is 0 Å². The normalized spacial score (nSPS) is 18.0. The molecule has 22 heavy (non-hydrogen) atoms. The molecule has 0 radical (unpaired) electrons. The van der Waals surface area contributed by atoms with Crippen molar-refractivity contribution < 1.29 is 14.3 Å². The molecule has 0 aromatic heterocycles. The number of carbonyl (C=O) groups excluding carboxylic acids is 2. The Bertz CT molecular complexity index is 608. The van der Waals surface area contributed by atoms with Gasteiger partial charge in [0, 0.05) is 10.6 Å². The molecule has 1 aliphatic rings. The third-order valence-corrected chi connectivity index (χ3v) is 4.02. The first-order valence-corrected chi connectivity index (χ1v) is 8.28. The Morgan fingerprint density at radius 2 is 1.91 bits per heavy atom. The number of nitrogens with one attached hydrogen (secondary N) is 2. The van der Waals surface area contributed by atoms with E-state index in [2.05, 4.69) is 10.6 Å². The second-order valence-corrected chi connectivity index (χ2v) is 6.18. The molecule has 1 aliphatic heterocycles. The number of hydrogen-bond donors (Lipinski definition) is 2. The summed E-state index contributed by atoms with van der Waals surface area (Å²) in [4.78, 5) is 25.2. The molecule has 1 unspecified atom stereocenters. The number of rotatable bonds is 4. The van der Waals surface area contributed by atoms with E-state index in [-0.39, 0.29) is 12.1 Å². The van der Waals surface area contributed by atoms with E-state index < -0.39 is 12.0 Å². The van der Waals surface area contributed by atoms with Gasteiger partial charge < -0.3 is 15.4 Å². The molecule has 118 valence electrons. The molecule has 2 rings (SSSR count). The van der Waals surface area contributed by atoms with Crippen molar-refractivity contribution in [1.82, 2.24) is 10.6 Å². The SMILES string of the molecule is CSc1ccc(C2NC(=O)NC(C)=C2C(=O)OC(C)C)cc1. The fourth-order valence-corrected chi connectivity index (χ4v) is 2.70. The molecule has 5 nitrogen and oxygen atoms in total. The van der Waals surface area contributed by atoms with Gasteiger partial charge in [0.25, 0.3) is 0 Å². The summed E-state index contributed by atoms with van der Waals surface area (Å²) in [6.45, 7) is 5.30. The van der Waals surface area contributed by atoms with E-state index in [1.807, 2.05) is 30.5 Å². The van der Waals surface area contributed by atoms with Gasteiger partial charge in [0.15, 0.2) is 0 Å². The van der Waals surface area contributed by atoms with Gasteiger partial charge in [0.1, 0.15) is 0 Å². The van der Waals surface area contributed by atoms with Crippen LogP contribution in [0.15, 0.2) is 40.4 Å². The lowest BCUT2D eigenvalue weighted by molar-refractivity contribution is -0.143. The Kier molecular flexibility index (Phi) is 5.13. The highest BCUT2D eigenvalue weighted by atomic mass is 32.2. The number of benzene rings is 1. The van der Waals surface area contributed by atoms with Crippen molar-refractivity contribution in [3.05, 3.63) is 41.1 Å². The van der Waals surface area contributed by atoms with E-state index in [1.54, 1.807) is 32.5 Å². The van der Waals surface area contributed by atoms with E-state index in [1.165, 1.54) is 0 Å². The molecule has 0 saturated heterocycles. The van der Waals surface area contributed by atoms with Gasteiger partial charge in [-0.15, -0.1) is 11.8 Å². The maximum atomic E-state index is 12.4. The number of hydrogen-bond acceptors (Lipinski definition) is 4. The molecule has 2 N–H and O–H groups in total. The van der Waals surface area contributed by atoms with E-state index in [9.17, 15) is 9.59 Å². The summed E-state index contributed by atoms with van der Waals surface area (Å²) in [6.07, 6.45) is 1.78. The molecule has 6 heteroatoms. The van der Waals surface area contributed by atoms with Gasteiger partial charge in [-0.25, -0.2) is 9.59 Å². The molecule has 1 aromatic rings. The second-order valence-electron chi connectivity index (χ2n) is 5.30. The molecule has 0 fully saturated rings. The zero-order valence-corrected chi connectivity index (χ0v) is 13.9. The summed E-state index contributed by atoms with van der Waals surface area (Å²) in [5, 5.41) is 5.42. The Balaban J connectivity index is 2.38. The molecule has 0 aliphatic carbocycles. The maximum Gasteiger partial charge on any atom is 0.338 e. The van der Waals surface area contributed by atoms with Gasteiger partial charge in [-0.2, -0.15) is 0 Å². The number of amides is 2. The van der Waals surface area contributed by atoms with Crippen LogP contribution in [0.3, 0.4) is 0 Å². The van der Waals surface area contributed by atoms with Crippen LogP contribution in [-0.2, 0) is 9.53 Å². The van der Waals surface area contributed by atoms with Gasteiger partial charge in [-0.3, -0.25) is 0 Å². The van der Waals surface area contributed by atoms with Gasteiger partial charge in [0.2, 0.25) is 0 Å². The Labute approximate surface area is 134 Å². The molecule has 0 bridgehead atoms. The number of thioether (sulfide) groups is 1. The lowest BCUT2D eigenvalue weighted by atomic mass is 9.95. The van der Waals surface area contributed by atoms with E-state index in [0.717, 1.165) is 10.5 Å². The summed E-state index contributed by atoms with van der Waals surface area (Å²) in [5.41, 5.74) is 1.81. The van der Waals surface area contributed by atoms with Crippen molar-refractivity contribution in [1.29, 1.82) is 0 Å². The zero-order chi connectivity index (χ0) is 16.3. The standard InChI is InChI=1S/C16H20N2O3S/c1-9(2)21-15(19)13-10(3)17-16(20)18-14(13)11-5-7-12(22-4)8-6-11/h5-9,14H,1-4H3,(H2,17,18,20). The Hall–Kier alpha value is -1.95. The predicted molar refractivity (Wildman–Crippen MR) is 86.6 cm³/mol. The van der Waals surface area contributed by atoms with Crippen molar-refractivity contribution in [2.45, 2.75) is 37.8 Å². The molecular weight excluding hydrogens is 300 g/mol. The highest BCUT2D eigenvalue weighted by molar-refractivity contribution is 7.98. The van der Waals surface area contributed by atoms with Gasteiger partial charge >= 0.3 is 12.0 Å². The van der Waals surface area contributed by atoms with Crippen LogP contribution in [0.4, 0.5) is 4.79 Å². The fourth-order valence-electron chi connectivity index (χ4n) is 2.29. The second kappa shape index (κ2) is 6.87.